The number of carbonyl (C=O) groups excluding carboxylic acids is 1. The van der Waals surface area contributed by atoms with Crippen molar-refractivity contribution < 1.29 is 4.79 Å². The van der Waals surface area contributed by atoms with Gasteiger partial charge in [0.1, 0.15) is 5.69 Å². The van der Waals surface area contributed by atoms with Crippen molar-refractivity contribution in [2.45, 2.75) is 13.0 Å². The van der Waals surface area contributed by atoms with E-state index in [1.54, 1.807) is 0 Å². The molecule has 0 aliphatic carbocycles. The summed E-state index contributed by atoms with van der Waals surface area (Å²) in [5.41, 5.74) is 1.32. The Morgan fingerprint density at radius 3 is 2.71 bits per heavy atom. The van der Waals surface area contributed by atoms with E-state index in [-0.39, 0.29) is 17.6 Å². The highest BCUT2D eigenvalue weighted by molar-refractivity contribution is 6.33. The Hall–Kier alpha value is -1.81. The molecule has 1 aromatic heterocycles. The van der Waals surface area contributed by atoms with Gasteiger partial charge in [-0.1, -0.05) is 41.9 Å². The maximum atomic E-state index is 11.8. The molecule has 4 nitrogen and oxygen atoms in total. The molecule has 0 saturated carbocycles. The van der Waals surface area contributed by atoms with Gasteiger partial charge in [-0.3, -0.25) is 9.89 Å². The molecule has 0 aliphatic rings. The highest BCUT2D eigenvalue weighted by Crippen LogP contribution is 2.15. The zero-order valence-corrected chi connectivity index (χ0v) is 10.0. The highest BCUT2D eigenvalue weighted by Gasteiger charge is 2.15. The van der Waals surface area contributed by atoms with Gasteiger partial charge >= 0.3 is 0 Å². The summed E-state index contributed by atoms with van der Waals surface area (Å²) in [6.45, 7) is 1.91. The van der Waals surface area contributed by atoms with Gasteiger partial charge in [0.2, 0.25) is 0 Å². The van der Waals surface area contributed by atoms with Crippen LogP contribution in [-0.4, -0.2) is 16.1 Å². The first-order valence-electron chi connectivity index (χ1n) is 5.23. The molecule has 1 unspecified atom stereocenters. The minimum Gasteiger partial charge on any atom is -0.344 e. The summed E-state index contributed by atoms with van der Waals surface area (Å²) in [5, 5.41) is 9.44. The lowest BCUT2D eigenvalue weighted by Crippen LogP contribution is -2.27. The molecule has 1 atom stereocenters. The van der Waals surface area contributed by atoms with E-state index in [4.69, 9.17) is 11.6 Å². The zero-order chi connectivity index (χ0) is 12.3. The van der Waals surface area contributed by atoms with Crippen LogP contribution in [0.4, 0.5) is 0 Å². The number of amides is 1. The number of nitrogens with one attached hydrogen (secondary N) is 2. The first kappa shape index (κ1) is 11.7. The Balaban J connectivity index is 2.08. The molecule has 0 radical (unpaired) electrons. The van der Waals surface area contributed by atoms with Gasteiger partial charge in [0.15, 0.2) is 0 Å². The number of halogens is 1. The fourth-order valence-electron chi connectivity index (χ4n) is 1.52. The minimum absolute atomic E-state index is 0.0805. The first-order valence-corrected chi connectivity index (χ1v) is 5.61. The first-order chi connectivity index (χ1) is 8.18. The van der Waals surface area contributed by atoms with E-state index >= 15 is 0 Å². The Morgan fingerprint density at radius 2 is 2.12 bits per heavy atom. The normalized spacial score (nSPS) is 12.1. The van der Waals surface area contributed by atoms with Crippen molar-refractivity contribution in [3.63, 3.8) is 0 Å². The molecule has 2 aromatic rings. The third kappa shape index (κ3) is 2.65. The fourth-order valence-corrected chi connectivity index (χ4v) is 1.70. The summed E-state index contributed by atoms with van der Waals surface area (Å²) in [4.78, 5) is 11.8. The van der Waals surface area contributed by atoms with Crippen LogP contribution in [0, 0.1) is 0 Å². The maximum Gasteiger partial charge on any atom is 0.271 e. The van der Waals surface area contributed by atoms with E-state index in [1.165, 1.54) is 6.20 Å². The van der Waals surface area contributed by atoms with E-state index in [2.05, 4.69) is 15.5 Å². The van der Waals surface area contributed by atoms with Gasteiger partial charge < -0.3 is 5.32 Å². The number of benzene rings is 1. The predicted molar refractivity (Wildman–Crippen MR) is 65.9 cm³/mol. The molecule has 0 spiro atoms. The number of carbonyl (C=O) groups is 1. The smallest absolute Gasteiger partial charge is 0.271 e. The summed E-state index contributed by atoms with van der Waals surface area (Å²) in [6, 6.07) is 9.63. The standard InChI is InChI=1S/C12H12ClN3O/c1-8(9-5-3-2-4-6-9)15-12(17)11-10(13)7-14-16-11/h2-8H,1H3,(H,14,16)(H,15,17). The van der Waals surface area contributed by atoms with Crippen molar-refractivity contribution in [1.29, 1.82) is 0 Å². The number of aromatic nitrogens is 2. The summed E-state index contributed by atoms with van der Waals surface area (Å²) in [5.74, 6) is -0.260. The van der Waals surface area contributed by atoms with E-state index in [9.17, 15) is 4.79 Å². The van der Waals surface area contributed by atoms with Gasteiger partial charge in [-0.05, 0) is 12.5 Å². The molecule has 0 aliphatic heterocycles. The van der Waals surface area contributed by atoms with Crippen LogP contribution in [0.2, 0.25) is 5.02 Å². The van der Waals surface area contributed by atoms with E-state index in [0.29, 0.717) is 5.02 Å². The summed E-state index contributed by atoms with van der Waals surface area (Å²) < 4.78 is 0. The lowest BCUT2D eigenvalue weighted by atomic mass is 10.1. The largest absolute Gasteiger partial charge is 0.344 e. The predicted octanol–water partition coefficient (Wildman–Crippen LogP) is 2.55. The molecule has 1 heterocycles. The molecule has 0 fully saturated rings. The molecule has 2 rings (SSSR count). The lowest BCUT2D eigenvalue weighted by molar-refractivity contribution is 0.0935. The van der Waals surface area contributed by atoms with Crippen molar-refractivity contribution in [3.8, 4) is 0 Å². The molecular weight excluding hydrogens is 238 g/mol. The number of hydrogen-bond donors (Lipinski definition) is 2. The number of rotatable bonds is 3. The monoisotopic (exact) mass is 249 g/mol. The molecule has 88 valence electrons. The molecule has 0 bridgehead atoms. The van der Waals surface area contributed by atoms with E-state index < -0.39 is 0 Å². The summed E-state index contributed by atoms with van der Waals surface area (Å²) in [6.07, 6.45) is 1.41. The summed E-state index contributed by atoms with van der Waals surface area (Å²) >= 11 is 5.81. The second kappa shape index (κ2) is 5.01. The van der Waals surface area contributed by atoms with E-state index in [0.717, 1.165) is 5.56 Å². The fraction of sp³-hybridized carbons (Fsp3) is 0.167. The van der Waals surface area contributed by atoms with Crippen LogP contribution < -0.4 is 5.32 Å². The van der Waals surface area contributed by atoms with Gasteiger partial charge in [0.25, 0.3) is 5.91 Å². The Kier molecular flexibility index (Phi) is 3.44. The molecule has 17 heavy (non-hydrogen) atoms. The summed E-state index contributed by atoms with van der Waals surface area (Å²) in [7, 11) is 0. The Labute approximate surface area is 104 Å². The lowest BCUT2D eigenvalue weighted by Gasteiger charge is -2.13. The quantitative estimate of drug-likeness (QED) is 0.878. The van der Waals surface area contributed by atoms with Gasteiger partial charge in [0, 0.05) is 0 Å². The van der Waals surface area contributed by atoms with Crippen LogP contribution in [-0.2, 0) is 0 Å². The second-order valence-electron chi connectivity index (χ2n) is 3.70. The molecule has 1 aromatic carbocycles. The number of H-pyrrole nitrogens is 1. The van der Waals surface area contributed by atoms with Crippen LogP contribution in [0.1, 0.15) is 29.0 Å². The average Bonchev–Trinajstić information content (AvgIpc) is 2.76. The van der Waals surface area contributed by atoms with E-state index in [1.807, 2.05) is 37.3 Å². The molecule has 0 saturated heterocycles. The highest BCUT2D eigenvalue weighted by atomic mass is 35.5. The van der Waals surface area contributed by atoms with Crippen LogP contribution in [0.25, 0.3) is 0 Å². The SMILES string of the molecule is CC(NC(=O)c1[nH]ncc1Cl)c1ccccc1. The van der Waals surface area contributed by atoms with Crippen LogP contribution >= 0.6 is 11.6 Å². The van der Waals surface area contributed by atoms with Crippen molar-refractivity contribution >= 4 is 17.5 Å². The molecule has 1 amide bonds. The topological polar surface area (TPSA) is 57.8 Å². The number of aromatic amines is 1. The average molecular weight is 250 g/mol. The van der Waals surface area contributed by atoms with Crippen molar-refractivity contribution in [2.75, 3.05) is 0 Å². The molecule has 5 heteroatoms. The van der Waals surface area contributed by atoms with Crippen molar-refractivity contribution in [3.05, 3.63) is 52.8 Å². The third-order valence-corrected chi connectivity index (χ3v) is 2.75. The van der Waals surface area contributed by atoms with Crippen LogP contribution in [0.5, 0.6) is 0 Å². The van der Waals surface area contributed by atoms with Gasteiger partial charge in [0.05, 0.1) is 17.3 Å². The van der Waals surface area contributed by atoms with Crippen LogP contribution in [0.3, 0.4) is 0 Å². The Bertz CT molecular complexity index is 509. The maximum absolute atomic E-state index is 11.8. The second-order valence-corrected chi connectivity index (χ2v) is 4.11. The van der Waals surface area contributed by atoms with Crippen LogP contribution in [0.15, 0.2) is 36.5 Å². The van der Waals surface area contributed by atoms with Gasteiger partial charge in [-0.2, -0.15) is 5.10 Å². The Morgan fingerprint density at radius 1 is 1.41 bits per heavy atom. The van der Waals surface area contributed by atoms with Gasteiger partial charge in [-0.15, -0.1) is 0 Å². The number of hydrogen-bond acceptors (Lipinski definition) is 2. The molecule has 2 N–H and O–H groups in total. The zero-order valence-electron chi connectivity index (χ0n) is 9.27. The molecular formula is C12H12ClN3O. The number of nitrogens with zero attached hydrogens (tertiary/aromatic N) is 1. The minimum atomic E-state index is -0.260. The van der Waals surface area contributed by atoms with Gasteiger partial charge in [-0.25, -0.2) is 0 Å². The van der Waals surface area contributed by atoms with Crippen molar-refractivity contribution in [1.82, 2.24) is 15.5 Å². The van der Waals surface area contributed by atoms with Crippen molar-refractivity contribution in [2.24, 2.45) is 0 Å². The third-order valence-electron chi connectivity index (χ3n) is 2.47.